The standard InChI is InChI=1S/C19H22N4O3/c1-11(2)19(3)18(26)22-16(23-19)15-13(17(25)20-8-9-24)10-12-6-4-5-7-14(12)21-15/h4-7,10-11,24H,8-9H2,1-3H3,(H,20,25)(H,22,23,26)/t19-/m1/s1. The Kier molecular flexibility index (Phi) is 4.73. The van der Waals surface area contributed by atoms with Gasteiger partial charge in [0, 0.05) is 11.9 Å². The van der Waals surface area contributed by atoms with Gasteiger partial charge in [-0.1, -0.05) is 32.0 Å². The molecule has 0 spiro atoms. The molecule has 1 aromatic carbocycles. The maximum Gasteiger partial charge on any atom is 0.253 e. The molecule has 1 atom stereocenters. The highest BCUT2D eigenvalue weighted by Gasteiger charge is 2.43. The number of carbonyl (C=O) groups excluding carboxylic acids is 2. The normalized spacial score (nSPS) is 19.6. The lowest BCUT2D eigenvalue weighted by atomic mass is 9.89. The van der Waals surface area contributed by atoms with Crippen LogP contribution in [-0.2, 0) is 4.79 Å². The van der Waals surface area contributed by atoms with E-state index in [1.807, 2.05) is 38.1 Å². The van der Waals surface area contributed by atoms with Crippen LogP contribution in [0.3, 0.4) is 0 Å². The molecule has 3 N–H and O–H groups in total. The topological polar surface area (TPSA) is 104 Å². The van der Waals surface area contributed by atoms with Gasteiger partial charge in [-0.3, -0.25) is 9.59 Å². The number of pyridine rings is 1. The Morgan fingerprint density at radius 1 is 1.35 bits per heavy atom. The summed E-state index contributed by atoms with van der Waals surface area (Å²) in [5, 5.41) is 15.2. The number of aliphatic hydroxyl groups excluding tert-OH is 1. The molecule has 0 aliphatic carbocycles. The summed E-state index contributed by atoms with van der Waals surface area (Å²) in [6, 6.07) is 9.15. The highest BCUT2D eigenvalue weighted by Crippen LogP contribution is 2.28. The summed E-state index contributed by atoms with van der Waals surface area (Å²) in [5.74, 6) is -0.292. The van der Waals surface area contributed by atoms with Gasteiger partial charge >= 0.3 is 0 Å². The molecule has 1 aromatic heterocycles. The van der Waals surface area contributed by atoms with Gasteiger partial charge in [0.05, 0.1) is 17.7 Å². The second-order valence-corrected chi connectivity index (χ2v) is 6.77. The minimum atomic E-state index is -0.901. The van der Waals surface area contributed by atoms with Crippen molar-refractivity contribution >= 4 is 28.6 Å². The second kappa shape index (κ2) is 6.84. The molecule has 136 valence electrons. The number of fused-ring (bicyclic) bond motifs is 1. The molecule has 2 amide bonds. The lowest BCUT2D eigenvalue weighted by Crippen LogP contribution is -2.41. The third-order valence-corrected chi connectivity index (χ3v) is 4.75. The first kappa shape index (κ1) is 18.0. The summed E-state index contributed by atoms with van der Waals surface area (Å²) in [6.45, 7) is 5.59. The lowest BCUT2D eigenvalue weighted by Gasteiger charge is -2.21. The molecular formula is C19H22N4O3. The molecule has 0 radical (unpaired) electrons. The van der Waals surface area contributed by atoms with Crippen molar-refractivity contribution in [3.8, 4) is 0 Å². The van der Waals surface area contributed by atoms with E-state index in [9.17, 15) is 9.59 Å². The number of carbonyl (C=O) groups is 2. The molecule has 26 heavy (non-hydrogen) atoms. The minimum Gasteiger partial charge on any atom is -0.395 e. The van der Waals surface area contributed by atoms with Crippen LogP contribution < -0.4 is 10.6 Å². The average Bonchev–Trinajstić information content (AvgIpc) is 2.94. The molecule has 7 nitrogen and oxygen atoms in total. The van der Waals surface area contributed by atoms with Crippen LogP contribution >= 0.6 is 0 Å². The fourth-order valence-electron chi connectivity index (χ4n) is 2.78. The summed E-state index contributed by atoms with van der Waals surface area (Å²) in [7, 11) is 0. The van der Waals surface area contributed by atoms with Crippen LogP contribution in [0.4, 0.5) is 0 Å². The van der Waals surface area contributed by atoms with Crippen LogP contribution in [0.1, 0.15) is 36.8 Å². The van der Waals surface area contributed by atoms with E-state index in [0.717, 1.165) is 5.39 Å². The summed E-state index contributed by atoms with van der Waals surface area (Å²) in [5.41, 5.74) is 0.444. The van der Waals surface area contributed by atoms with Crippen LogP contribution in [0.5, 0.6) is 0 Å². The van der Waals surface area contributed by atoms with Crippen LogP contribution in [0.2, 0.25) is 0 Å². The number of aliphatic imine (C=N–C) groups is 1. The molecule has 0 fully saturated rings. The van der Waals surface area contributed by atoms with E-state index < -0.39 is 5.54 Å². The third kappa shape index (κ3) is 3.06. The van der Waals surface area contributed by atoms with Gasteiger partial charge in [-0.2, -0.15) is 0 Å². The van der Waals surface area contributed by atoms with E-state index >= 15 is 0 Å². The number of hydrogen-bond acceptors (Lipinski definition) is 5. The second-order valence-electron chi connectivity index (χ2n) is 6.77. The minimum absolute atomic E-state index is 0.00729. The largest absolute Gasteiger partial charge is 0.395 e. The molecule has 2 aromatic rings. The van der Waals surface area contributed by atoms with Crippen LogP contribution in [0, 0.1) is 5.92 Å². The van der Waals surface area contributed by atoms with Gasteiger partial charge in [0.25, 0.3) is 11.8 Å². The quantitative estimate of drug-likeness (QED) is 0.752. The number of amidine groups is 1. The maximum atomic E-state index is 12.6. The average molecular weight is 354 g/mol. The molecule has 0 saturated carbocycles. The van der Waals surface area contributed by atoms with Crippen molar-refractivity contribution in [1.82, 2.24) is 15.6 Å². The Morgan fingerprint density at radius 2 is 2.08 bits per heavy atom. The van der Waals surface area contributed by atoms with Gasteiger partial charge < -0.3 is 15.7 Å². The Hall–Kier alpha value is -2.80. The van der Waals surface area contributed by atoms with E-state index in [2.05, 4.69) is 20.6 Å². The smallest absolute Gasteiger partial charge is 0.253 e. The van der Waals surface area contributed by atoms with E-state index in [1.54, 1.807) is 13.0 Å². The van der Waals surface area contributed by atoms with Crippen molar-refractivity contribution in [2.75, 3.05) is 13.2 Å². The van der Waals surface area contributed by atoms with Crippen molar-refractivity contribution in [3.63, 3.8) is 0 Å². The van der Waals surface area contributed by atoms with Crippen LogP contribution in [0.15, 0.2) is 35.3 Å². The number of nitrogens with one attached hydrogen (secondary N) is 2. The maximum absolute atomic E-state index is 12.6. The van der Waals surface area contributed by atoms with Crippen molar-refractivity contribution in [2.45, 2.75) is 26.3 Å². The van der Waals surface area contributed by atoms with Crippen molar-refractivity contribution < 1.29 is 14.7 Å². The molecule has 0 unspecified atom stereocenters. The zero-order valence-corrected chi connectivity index (χ0v) is 15.0. The molecule has 0 saturated heterocycles. The van der Waals surface area contributed by atoms with Gasteiger partial charge in [-0.25, -0.2) is 9.98 Å². The summed E-state index contributed by atoms with van der Waals surface area (Å²) < 4.78 is 0. The van der Waals surface area contributed by atoms with Gasteiger partial charge in [-0.15, -0.1) is 0 Å². The molecule has 1 aliphatic rings. The fourth-order valence-corrected chi connectivity index (χ4v) is 2.78. The van der Waals surface area contributed by atoms with E-state index in [0.29, 0.717) is 22.6 Å². The summed E-state index contributed by atoms with van der Waals surface area (Å²) in [6.07, 6.45) is 0. The van der Waals surface area contributed by atoms with Crippen molar-refractivity contribution in [3.05, 3.63) is 41.6 Å². The first-order chi connectivity index (χ1) is 12.4. The summed E-state index contributed by atoms with van der Waals surface area (Å²) >= 11 is 0. The van der Waals surface area contributed by atoms with Crippen LogP contribution in [-0.4, -0.2) is 46.4 Å². The third-order valence-electron chi connectivity index (χ3n) is 4.75. The van der Waals surface area contributed by atoms with E-state index in [1.165, 1.54) is 0 Å². The van der Waals surface area contributed by atoms with Gasteiger partial charge in [0.15, 0.2) is 5.84 Å². The zero-order chi connectivity index (χ0) is 18.9. The molecule has 3 rings (SSSR count). The molecular weight excluding hydrogens is 332 g/mol. The van der Waals surface area contributed by atoms with Crippen molar-refractivity contribution in [2.24, 2.45) is 10.9 Å². The number of amides is 2. The Bertz CT molecular complexity index is 907. The molecule has 1 aliphatic heterocycles. The Balaban J connectivity index is 2.15. The number of nitrogens with zero attached hydrogens (tertiary/aromatic N) is 2. The van der Waals surface area contributed by atoms with Crippen LogP contribution in [0.25, 0.3) is 10.9 Å². The highest BCUT2D eigenvalue weighted by atomic mass is 16.3. The van der Waals surface area contributed by atoms with Crippen molar-refractivity contribution in [1.29, 1.82) is 0 Å². The molecule has 7 heteroatoms. The van der Waals surface area contributed by atoms with Gasteiger partial charge in [0.1, 0.15) is 11.2 Å². The first-order valence-corrected chi connectivity index (χ1v) is 8.57. The fraction of sp³-hybridized carbons (Fsp3) is 0.368. The van der Waals surface area contributed by atoms with Gasteiger partial charge in [0.2, 0.25) is 0 Å². The number of aromatic nitrogens is 1. The number of hydrogen-bond donors (Lipinski definition) is 3. The molecule has 2 heterocycles. The monoisotopic (exact) mass is 354 g/mol. The highest BCUT2D eigenvalue weighted by molar-refractivity contribution is 6.18. The SMILES string of the molecule is CC(C)[C@@]1(C)N=C(c2nc3ccccc3cc2C(=O)NCCO)NC1=O. The number of para-hydroxylation sites is 1. The first-order valence-electron chi connectivity index (χ1n) is 8.57. The van der Waals surface area contributed by atoms with E-state index in [4.69, 9.17) is 5.11 Å². The zero-order valence-electron chi connectivity index (χ0n) is 15.0. The predicted octanol–water partition coefficient (Wildman–Crippen LogP) is 1.25. The number of benzene rings is 1. The van der Waals surface area contributed by atoms with Gasteiger partial charge in [-0.05, 0) is 25.0 Å². The summed E-state index contributed by atoms with van der Waals surface area (Å²) in [4.78, 5) is 34.2. The van der Waals surface area contributed by atoms with E-state index in [-0.39, 0.29) is 30.9 Å². The number of rotatable bonds is 5. The lowest BCUT2D eigenvalue weighted by molar-refractivity contribution is -0.124. The Labute approximate surface area is 151 Å². The Morgan fingerprint density at radius 3 is 2.73 bits per heavy atom. The molecule has 0 bridgehead atoms. The number of aliphatic hydroxyl groups is 1. The predicted molar refractivity (Wildman–Crippen MR) is 99.1 cm³/mol.